The van der Waals surface area contributed by atoms with Gasteiger partial charge in [-0.15, -0.1) is 0 Å². The van der Waals surface area contributed by atoms with Crippen LogP contribution in [0.15, 0.2) is 23.8 Å². The van der Waals surface area contributed by atoms with Crippen molar-refractivity contribution in [1.29, 1.82) is 0 Å². The van der Waals surface area contributed by atoms with Crippen LogP contribution >= 0.6 is 0 Å². The molecule has 0 heterocycles. The molecule has 0 aromatic carbocycles. The van der Waals surface area contributed by atoms with E-state index in [4.69, 9.17) is 5.11 Å². The molecule has 0 unspecified atom stereocenters. The summed E-state index contributed by atoms with van der Waals surface area (Å²) in [6, 6.07) is 0. The first kappa shape index (κ1) is 11.0. The maximum absolute atomic E-state index is 10.2. The number of carboxylic acid groups (broad SMARTS) is 1. The SMILES string of the molecule is CCC/C=C(/C=C/C(=O)O)CC. The first-order chi connectivity index (χ1) is 5.70. The maximum atomic E-state index is 10.2. The van der Waals surface area contributed by atoms with Crippen LogP contribution in [0.4, 0.5) is 0 Å². The number of carboxylic acids is 1. The van der Waals surface area contributed by atoms with Gasteiger partial charge in [-0.3, -0.25) is 0 Å². The number of aliphatic carboxylic acids is 1. The van der Waals surface area contributed by atoms with Crippen molar-refractivity contribution in [3.05, 3.63) is 23.8 Å². The summed E-state index contributed by atoms with van der Waals surface area (Å²) < 4.78 is 0. The van der Waals surface area contributed by atoms with E-state index < -0.39 is 5.97 Å². The maximum Gasteiger partial charge on any atom is 0.328 e. The van der Waals surface area contributed by atoms with Crippen LogP contribution in [0.3, 0.4) is 0 Å². The molecular formula is C10H16O2. The Balaban J connectivity index is 4.07. The van der Waals surface area contributed by atoms with Gasteiger partial charge in [0.2, 0.25) is 0 Å². The quantitative estimate of drug-likeness (QED) is 0.506. The van der Waals surface area contributed by atoms with Crippen molar-refractivity contribution in [1.82, 2.24) is 0 Å². The summed E-state index contributed by atoms with van der Waals surface area (Å²) in [5.74, 6) is -0.883. The zero-order valence-electron chi connectivity index (χ0n) is 7.71. The van der Waals surface area contributed by atoms with E-state index in [0.717, 1.165) is 24.8 Å². The largest absolute Gasteiger partial charge is 0.478 e. The fourth-order valence-electron chi connectivity index (χ4n) is 0.838. The molecule has 0 atom stereocenters. The summed E-state index contributed by atoms with van der Waals surface area (Å²) >= 11 is 0. The molecule has 0 aromatic rings. The smallest absolute Gasteiger partial charge is 0.328 e. The summed E-state index contributed by atoms with van der Waals surface area (Å²) in [4.78, 5) is 10.2. The van der Waals surface area contributed by atoms with Gasteiger partial charge in [0.1, 0.15) is 0 Å². The Hall–Kier alpha value is -1.05. The zero-order chi connectivity index (χ0) is 9.40. The average Bonchev–Trinajstić information content (AvgIpc) is 2.05. The highest BCUT2D eigenvalue weighted by Gasteiger charge is 1.89. The summed E-state index contributed by atoms with van der Waals surface area (Å²) in [6.07, 6.45) is 7.95. The van der Waals surface area contributed by atoms with Crippen LogP contribution < -0.4 is 0 Å². The highest BCUT2D eigenvalue weighted by molar-refractivity contribution is 5.80. The van der Waals surface area contributed by atoms with E-state index in [9.17, 15) is 4.79 Å². The van der Waals surface area contributed by atoms with Gasteiger partial charge >= 0.3 is 5.97 Å². The van der Waals surface area contributed by atoms with Gasteiger partial charge in [0.05, 0.1) is 0 Å². The highest BCUT2D eigenvalue weighted by atomic mass is 16.4. The average molecular weight is 168 g/mol. The molecule has 2 nitrogen and oxygen atoms in total. The monoisotopic (exact) mass is 168 g/mol. The third-order valence-electron chi connectivity index (χ3n) is 1.54. The Morgan fingerprint density at radius 2 is 2.00 bits per heavy atom. The number of unbranched alkanes of at least 4 members (excludes halogenated alkanes) is 1. The molecule has 0 spiro atoms. The fourth-order valence-corrected chi connectivity index (χ4v) is 0.838. The summed E-state index contributed by atoms with van der Waals surface area (Å²) in [5, 5.41) is 8.37. The second-order valence-corrected chi connectivity index (χ2v) is 2.59. The molecule has 0 saturated carbocycles. The second-order valence-electron chi connectivity index (χ2n) is 2.59. The molecule has 0 amide bonds. The molecular weight excluding hydrogens is 152 g/mol. The third kappa shape index (κ3) is 5.71. The molecule has 1 N–H and O–H groups in total. The van der Waals surface area contributed by atoms with Gasteiger partial charge in [0.15, 0.2) is 0 Å². The Bertz CT molecular complexity index is 190. The van der Waals surface area contributed by atoms with Gasteiger partial charge in [-0.25, -0.2) is 4.79 Å². The molecule has 0 aromatic heterocycles. The lowest BCUT2D eigenvalue weighted by Crippen LogP contribution is -1.86. The van der Waals surface area contributed by atoms with Gasteiger partial charge in [-0.05, 0) is 12.8 Å². The molecule has 12 heavy (non-hydrogen) atoms. The van der Waals surface area contributed by atoms with Crippen LogP contribution in [0.1, 0.15) is 33.1 Å². The summed E-state index contributed by atoms with van der Waals surface area (Å²) in [7, 11) is 0. The molecule has 0 saturated heterocycles. The van der Waals surface area contributed by atoms with E-state index in [1.165, 1.54) is 6.08 Å². The molecule has 2 heteroatoms. The van der Waals surface area contributed by atoms with E-state index in [-0.39, 0.29) is 0 Å². The number of allylic oxidation sites excluding steroid dienone is 3. The topological polar surface area (TPSA) is 37.3 Å². The van der Waals surface area contributed by atoms with E-state index in [1.807, 2.05) is 6.92 Å². The van der Waals surface area contributed by atoms with Crippen LogP contribution in [0.2, 0.25) is 0 Å². The van der Waals surface area contributed by atoms with Gasteiger partial charge in [0.25, 0.3) is 0 Å². The fraction of sp³-hybridized carbons (Fsp3) is 0.500. The molecule has 0 bridgehead atoms. The number of rotatable bonds is 5. The van der Waals surface area contributed by atoms with Crippen LogP contribution in [-0.4, -0.2) is 11.1 Å². The lowest BCUT2D eigenvalue weighted by molar-refractivity contribution is -0.131. The van der Waals surface area contributed by atoms with E-state index in [0.29, 0.717) is 0 Å². The third-order valence-corrected chi connectivity index (χ3v) is 1.54. The Morgan fingerprint density at radius 3 is 2.42 bits per heavy atom. The second kappa shape index (κ2) is 6.65. The van der Waals surface area contributed by atoms with E-state index in [1.54, 1.807) is 6.08 Å². The minimum Gasteiger partial charge on any atom is -0.478 e. The van der Waals surface area contributed by atoms with Crippen molar-refractivity contribution in [2.24, 2.45) is 0 Å². The molecule has 0 aliphatic carbocycles. The van der Waals surface area contributed by atoms with Gasteiger partial charge in [0, 0.05) is 6.08 Å². The minimum atomic E-state index is -0.883. The van der Waals surface area contributed by atoms with Crippen LogP contribution in [0.25, 0.3) is 0 Å². The van der Waals surface area contributed by atoms with Crippen molar-refractivity contribution in [2.45, 2.75) is 33.1 Å². The lowest BCUT2D eigenvalue weighted by atomic mass is 10.1. The van der Waals surface area contributed by atoms with Crippen molar-refractivity contribution < 1.29 is 9.90 Å². The van der Waals surface area contributed by atoms with E-state index >= 15 is 0 Å². The molecule has 0 aliphatic rings. The Labute approximate surface area is 73.6 Å². The number of carbonyl (C=O) groups is 1. The molecule has 0 radical (unpaired) electrons. The number of hydrogen-bond acceptors (Lipinski definition) is 1. The van der Waals surface area contributed by atoms with Gasteiger partial charge < -0.3 is 5.11 Å². The predicted octanol–water partition coefficient (Wildman–Crippen LogP) is 2.76. The Morgan fingerprint density at radius 1 is 1.33 bits per heavy atom. The Kier molecular flexibility index (Phi) is 6.07. The van der Waals surface area contributed by atoms with Crippen molar-refractivity contribution in [2.75, 3.05) is 0 Å². The van der Waals surface area contributed by atoms with Crippen molar-refractivity contribution in [3.63, 3.8) is 0 Å². The highest BCUT2D eigenvalue weighted by Crippen LogP contribution is 2.05. The van der Waals surface area contributed by atoms with Gasteiger partial charge in [-0.1, -0.05) is 38.0 Å². The molecule has 0 fully saturated rings. The van der Waals surface area contributed by atoms with Gasteiger partial charge in [-0.2, -0.15) is 0 Å². The normalized spacial score (nSPS) is 12.3. The van der Waals surface area contributed by atoms with Crippen LogP contribution in [-0.2, 0) is 4.79 Å². The summed E-state index contributed by atoms with van der Waals surface area (Å²) in [6.45, 7) is 4.12. The molecule has 0 aliphatic heterocycles. The van der Waals surface area contributed by atoms with E-state index in [2.05, 4.69) is 13.0 Å². The standard InChI is InChI=1S/C10H16O2/c1-3-5-6-9(4-2)7-8-10(11)12/h6-8H,3-5H2,1-2H3,(H,11,12)/b8-7+,9-6+. The predicted molar refractivity (Wildman–Crippen MR) is 50.1 cm³/mol. The minimum absolute atomic E-state index is 0.883. The number of hydrogen-bond donors (Lipinski definition) is 1. The first-order valence-electron chi connectivity index (χ1n) is 4.30. The van der Waals surface area contributed by atoms with Crippen LogP contribution in [0, 0.1) is 0 Å². The summed E-state index contributed by atoms with van der Waals surface area (Å²) in [5.41, 5.74) is 1.10. The molecule has 0 rings (SSSR count). The van der Waals surface area contributed by atoms with Crippen LogP contribution in [0.5, 0.6) is 0 Å². The zero-order valence-corrected chi connectivity index (χ0v) is 7.71. The lowest BCUT2D eigenvalue weighted by Gasteiger charge is -1.94. The first-order valence-corrected chi connectivity index (χ1v) is 4.30. The van der Waals surface area contributed by atoms with Crippen molar-refractivity contribution in [3.8, 4) is 0 Å². The molecule has 68 valence electrons. The van der Waals surface area contributed by atoms with Crippen molar-refractivity contribution >= 4 is 5.97 Å².